The van der Waals surface area contributed by atoms with Crippen LogP contribution in [0.2, 0.25) is 0 Å². The van der Waals surface area contributed by atoms with Crippen LogP contribution in [0.25, 0.3) is 22.4 Å². The van der Waals surface area contributed by atoms with Crippen LogP contribution in [-0.2, 0) is 27.4 Å². The molecule has 0 aliphatic rings. The molecule has 1 heterocycles. The van der Waals surface area contributed by atoms with Crippen LogP contribution < -0.4 is 0 Å². The van der Waals surface area contributed by atoms with E-state index in [0.717, 1.165) is 11.8 Å². The minimum absolute atomic E-state index is 0.0589. The molecule has 0 aliphatic heterocycles. The number of sulfone groups is 1. The van der Waals surface area contributed by atoms with Crippen LogP contribution in [-0.4, -0.2) is 35.5 Å². The molecule has 10 heteroatoms. The Hall–Kier alpha value is -3.14. The van der Waals surface area contributed by atoms with E-state index in [4.69, 9.17) is 5.11 Å². The number of carboxylic acids is 1. The Morgan fingerprint density at radius 3 is 2.28 bits per heavy atom. The van der Waals surface area contributed by atoms with Crippen LogP contribution >= 0.6 is 0 Å². The highest BCUT2D eigenvalue weighted by Crippen LogP contribution is 2.36. The van der Waals surface area contributed by atoms with Gasteiger partial charge in [0.2, 0.25) is 0 Å². The Kier molecular flexibility index (Phi) is 5.22. The molecule has 0 bridgehead atoms. The van der Waals surface area contributed by atoms with Gasteiger partial charge in [-0.3, -0.25) is 9.48 Å². The molecule has 0 spiro atoms. The normalized spacial score (nSPS) is 12.1. The summed E-state index contributed by atoms with van der Waals surface area (Å²) in [6.07, 6.45) is -3.88. The van der Waals surface area contributed by atoms with Crippen molar-refractivity contribution in [2.75, 3.05) is 6.26 Å². The monoisotopic (exact) mass is 424 g/mol. The van der Waals surface area contributed by atoms with E-state index in [1.807, 2.05) is 0 Å². The van der Waals surface area contributed by atoms with Gasteiger partial charge in [-0.05, 0) is 23.3 Å². The maximum Gasteiger partial charge on any atom is 0.435 e. The second-order valence-corrected chi connectivity index (χ2v) is 8.30. The van der Waals surface area contributed by atoms with Crippen molar-refractivity contribution in [1.29, 1.82) is 0 Å². The fourth-order valence-corrected chi connectivity index (χ4v) is 3.78. The minimum atomic E-state index is -4.81. The molecule has 0 unspecified atom stereocenters. The number of aliphatic carboxylic acids is 1. The zero-order chi connectivity index (χ0) is 21.4. The van der Waals surface area contributed by atoms with Gasteiger partial charge in [0.15, 0.2) is 15.5 Å². The Bertz CT molecular complexity index is 1170. The number of nitrogens with zero attached hydrogens (tertiary/aromatic N) is 2. The Balaban J connectivity index is 2.25. The van der Waals surface area contributed by atoms with Crippen molar-refractivity contribution in [3.8, 4) is 22.4 Å². The number of hydrogen-bond donors (Lipinski definition) is 1. The SMILES string of the molecule is CS(=O)(=O)c1cc(-c2ccccc2)ccc1-c1cc(C(F)(F)F)nn1CC(=O)O. The van der Waals surface area contributed by atoms with E-state index < -0.39 is 34.2 Å². The van der Waals surface area contributed by atoms with E-state index in [1.54, 1.807) is 36.4 Å². The first-order valence-electron chi connectivity index (χ1n) is 8.23. The summed E-state index contributed by atoms with van der Waals surface area (Å²) in [5.41, 5.74) is -0.342. The molecule has 0 aliphatic carbocycles. The number of carboxylic acid groups (broad SMARTS) is 1. The van der Waals surface area contributed by atoms with Crippen molar-refractivity contribution in [3.05, 3.63) is 60.3 Å². The van der Waals surface area contributed by atoms with Gasteiger partial charge in [0.1, 0.15) is 6.54 Å². The van der Waals surface area contributed by atoms with Gasteiger partial charge in [0, 0.05) is 11.8 Å². The minimum Gasteiger partial charge on any atom is -0.480 e. The van der Waals surface area contributed by atoms with E-state index in [1.165, 1.54) is 12.1 Å². The molecule has 2 aromatic carbocycles. The van der Waals surface area contributed by atoms with Gasteiger partial charge in [0.05, 0.1) is 10.6 Å². The second-order valence-electron chi connectivity index (χ2n) is 6.31. The van der Waals surface area contributed by atoms with Crippen molar-refractivity contribution < 1.29 is 31.5 Å². The molecule has 0 fully saturated rings. The molecule has 3 rings (SSSR count). The second kappa shape index (κ2) is 7.36. The first-order valence-corrected chi connectivity index (χ1v) is 10.1. The van der Waals surface area contributed by atoms with Crippen molar-refractivity contribution >= 4 is 15.8 Å². The topological polar surface area (TPSA) is 89.3 Å². The molecule has 0 saturated heterocycles. The summed E-state index contributed by atoms with van der Waals surface area (Å²) in [4.78, 5) is 10.8. The average Bonchev–Trinajstić information content (AvgIpc) is 3.04. The average molecular weight is 424 g/mol. The maximum atomic E-state index is 13.1. The molecule has 0 amide bonds. The van der Waals surface area contributed by atoms with Crippen molar-refractivity contribution in [3.63, 3.8) is 0 Å². The summed E-state index contributed by atoms with van der Waals surface area (Å²) in [5.74, 6) is -1.41. The molecule has 3 aromatic rings. The maximum absolute atomic E-state index is 13.1. The zero-order valence-corrected chi connectivity index (χ0v) is 15.8. The van der Waals surface area contributed by atoms with Crippen molar-refractivity contribution in [2.24, 2.45) is 0 Å². The zero-order valence-electron chi connectivity index (χ0n) is 15.0. The number of benzene rings is 2. The third kappa shape index (κ3) is 4.48. The lowest BCUT2D eigenvalue weighted by Gasteiger charge is -2.12. The van der Waals surface area contributed by atoms with Crippen molar-refractivity contribution in [1.82, 2.24) is 9.78 Å². The lowest BCUT2D eigenvalue weighted by atomic mass is 10.0. The van der Waals surface area contributed by atoms with Gasteiger partial charge in [0.25, 0.3) is 0 Å². The van der Waals surface area contributed by atoms with Crippen LogP contribution in [0, 0.1) is 0 Å². The molecule has 0 atom stereocenters. The predicted octanol–water partition coefficient (Wildman–Crippen LogP) is 3.72. The van der Waals surface area contributed by atoms with Gasteiger partial charge >= 0.3 is 12.1 Å². The number of alkyl halides is 3. The Morgan fingerprint density at radius 1 is 1.07 bits per heavy atom. The predicted molar refractivity (Wildman–Crippen MR) is 98.8 cm³/mol. The summed E-state index contributed by atoms with van der Waals surface area (Å²) in [7, 11) is -3.85. The van der Waals surface area contributed by atoms with E-state index >= 15 is 0 Å². The highest BCUT2D eigenvalue weighted by molar-refractivity contribution is 7.90. The number of aromatic nitrogens is 2. The Labute approximate surface area is 164 Å². The molecule has 152 valence electrons. The highest BCUT2D eigenvalue weighted by Gasteiger charge is 2.36. The highest BCUT2D eigenvalue weighted by atomic mass is 32.2. The first kappa shape index (κ1) is 20.6. The summed E-state index contributed by atoms with van der Waals surface area (Å²) in [5, 5.41) is 12.3. The first-order chi connectivity index (χ1) is 13.5. The van der Waals surface area contributed by atoms with Crippen LogP contribution in [0.3, 0.4) is 0 Å². The molecule has 0 saturated carbocycles. The smallest absolute Gasteiger partial charge is 0.435 e. The fourth-order valence-electron chi connectivity index (χ4n) is 2.87. The summed E-state index contributed by atoms with van der Waals surface area (Å²) in [6.45, 7) is -0.852. The third-order valence-corrected chi connectivity index (χ3v) is 5.26. The molecule has 1 aromatic heterocycles. The van der Waals surface area contributed by atoms with Crippen LogP contribution in [0.4, 0.5) is 13.2 Å². The largest absolute Gasteiger partial charge is 0.480 e. The summed E-state index contributed by atoms with van der Waals surface area (Å²) in [6, 6.07) is 13.8. The molecular weight excluding hydrogens is 409 g/mol. The van der Waals surface area contributed by atoms with Crippen LogP contribution in [0.1, 0.15) is 5.69 Å². The van der Waals surface area contributed by atoms with Crippen LogP contribution in [0.5, 0.6) is 0 Å². The lowest BCUT2D eigenvalue weighted by Crippen LogP contribution is -2.14. The Morgan fingerprint density at radius 2 is 1.72 bits per heavy atom. The van der Waals surface area contributed by atoms with Gasteiger partial charge in [-0.1, -0.05) is 42.5 Å². The molecule has 6 nitrogen and oxygen atoms in total. The number of hydrogen-bond acceptors (Lipinski definition) is 4. The van der Waals surface area contributed by atoms with E-state index in [9.17, 15) is 26.4 Å². The van der Waals surface area contributed by atoms with Gasteiger partial charge in [-0.15, -0.1) is 0 Å². The molecule has 29 heavy (non-hydrogen) atoms. The van der Waals surface area contributed by atoms with E-state index in [2.05, 4.69) is 5.10 Å². The van der Waals surface area contributed by atoms with Gasteiger partial charge in [-0.2, -0.15) is 18.3 Å². The van der Waals surface area contributed by atoms with Gasteiger partial charge in [-0.25, -0.2) is 8.42 Å². The van der Waals surface area contributed by atoms with Crippen molar-refractivity contribution in [2.45, 2.75) is 17.6 Å². The third-order valence-electron chi connectivity index (χ3n) is 4.12. The summed E-state index contributed by atoms with van der Waals surface area (Å²) >= 11 is 0. The fraction of sp³-hybridized carbons (Fsp3) is 0.158. The molecule has 1 N–H and O–H groups in total. The van der Waals surface area contributed by atoms with Gasteiger partial charge < -0.3 is 5.11 Å². The standard InChI is InChI=1S/C19H15F3N2O4S/c1-29(27,28)16-9-13(12-5-3-2-4-6-12)7-8-14(16)15-10-17(19(20,21)22)23-24(15)11-18(25)26/h2-10H,11H2,1H3,(H,25,26). The number of carbonyl (C=O) groups is 1. The molecular formula is C19H15F3N2O4S. The van der Waals surface area contributed by atoms with E-state index in [-0.39, 0.29) is 16.2 Å². The number of rotatable bonds is 5. The lowest BCUT2D eigenvalue weighted by molar-refractivity contribution is -0.143. The molecule has 0 radical (unpaired) electrons. The van der Waals surface area contributed by atoms with Crippen LogP contribution in [0.15, 0.2) is 59.5 Å². The van der Waals surface area contributed by atoms with E-state index in [0.29, 0.717) is 16.3 Å². The number of halogens is 3. The quantitative estimate of drug-likeness (QED) is 0.674. The summed E-state index contributed by atoms with van der Waals surface area (Å²) < 4.78 is 64.7.